The molecule has 43 heavy (non-hydrogen) atoms. The van der Waals surface area contributed by atoms with Crippen LogP contribution in [0.15, 0.2) is 24.3 Å². The second-order valence-corrected chi connectivity index (χ2v) is 12.4. The van der Waals surface area contributed by atoms with Gasteiger partial charge in [0.1, 0.15) is 22.6 Å². The highest BCUT2D eigenvalue weighted by atomic mass is 32.3. The molecule has 0 radical (unpaired) electrons. The molecule has 2 rings (SSSR count). The molecule has 0 unspecified atom stereocenters. The molecule has 9 nitrogen and oxygen atoms in total. The van der Waals surface area contributed by atoms with Gasteiger partial charge in [0.2, 0.25) is 0 Å². The smallest absolute Gasteiger partial charge is 0.446 e. The fraction of sp³-hybridized carbons (Fsp3) is 0.576. The zero-order valence-electron chi connectivity index (χ0n) is 25.8. The number of carboxylic acid groups (broad SMARTS) is 1. The summed E-state index contributed by atoms with van der Waals surface area (Å²) in [5.74, 6) is -3.36. The lowest BCUT2D eigenvalue weighted by atomic mass is 9.97. The lowest BCUT2D eigenvalue weighted by Crippen LogP contribution is -2.17. The first-order chi connectivity index (χ1) is 20.4. The predicted octanol–water partition coefficient (Wildman–Crippen LogP) is 8.52. The van der Waals surface area contributed by atoms with Crippen molar-refractivity contribution in [2.75, 3.05) is 0 Å². The number of esters is 1. The van der Waals surface area contributed by atoms with Crippen molar-refractivity contribution >= 4 is 22.3 Å². The van der Waals surface area contributed by atoms with E-state index in [4.69, 9.17) is 8.92 Å². The Bertz CT molecular complexity index is 1280. The zero-order valence-corrected chi connectivity index (χ0v) is 26.6. The number of unbranched alkanes of at least 4 members (excludes halogenated alkanes) is 14. The zero-order chi connectivity index (χ0) is 31.8. The van der Waals surface area contributed by atoms with Crippen LogP contribution in [0.1, 0.15) is 141 Å². The van der Waals surface area contributed by atoms with E-state index < -0.39 is 28.1 Å². The van der Waals surface area contributed by atoms with Crippen LogP contribution in [0.2, 0.25) is 0 Å². The molecule has 0 amide bonds. The van der Waals surface area contributed by atoms with Crippen molar-refractivity contribution in [3.8, 4) is 17.2 Å². The number of aryl methyl sites for hydroxylation is 3. The van der Waals surface area contributed by atoms with E-state index in [9.17, 15) is 32.8 Å². The van der Waals surface area contributed by atoms with Crippen molar-refractivity contribution < 1.29 is 41.7 Å². The van der Waals surface area contributed by atoms with Crippen molar-refractivity contribution in [3.63, 3.8) is 0 Å². The van der Waals surface area contributed by atoms with Gasteiger partial charge in [-0.25, -0.2) is 9.59 Å². The first kappa shape index (κ1) is 36.1. The van der Waals surface area contributed by atoms with E-state index in [1.807, 2.05) is 0 Å². The van der Waals surface area contributed by atoms with Gasteiger partial charge in [-0.2, -0.15) is 8.42 Å². The molecule has 2 aromatic carbocycles. The van der Waals surface area contributed by atoms with Crippen molar-refractivity contribution in [1.82, 2.24) is 0 Å². The quantitative estimate of drug-likeness (QED) is 0.0540. The average molecular weight is 621 g/mol. The van der Waals surface area contributed by atoms with Crippen LogP contribution >= 0.6 is 0 Å². The molecule has 0 saturated heterocycles. The van der Waals surface area contributed by atoms with E-state index in [1.54, 1.807) is 13.0 Å². The van der Waals surface area contributed by atoms with Crippen molar-refractivity contribution in [1.29, 1.82) is 0 Å². The minimum Gasteiger partial charge on any atom is -0.507 e. The Labute approximate surface area is 256 Å². The van der Waals surface area contributed by atoms with Crippen LogP contribution in [0.25, 0.3) is 0 Å². The molecule has 0 saturated carbocycles. The van der Waals surface area contributed by atoms with E-state index in [0.717, 1.165) is 31.7 Å². The van der Waals surface area contributed by atoms with Gasteiger partial charge in [0.25, 0.3) is 0 Å². The SMILES string of the molecule is CCCCCCCCCCCCCCCCCc1cc(C)cc(OS(=O)(=O)O)c1C(=O)Oc1cc(C)c(C(=O)O)c(O)c1. The van der Waals surface area contributed by atoms with Crippen LogP contribution in [0.5, 0.6) is 17.2 Å². The molecule has 0 atom stereocenters. The topological polar surface area (TPSA) is 147 Å². The highest BCUT2D eigenvalue weighted by Gasteiger charge is 2.25. The first-order valence-electron chi connectivity index (χ1n) is 15.5. The highest BCUT2D eigenvalue weighted by molar-refractivity contribution is 7.81. The van der Waals surface area contributed by atoms with Crippen molar-refractivity contribution in [2.45, 2.75) is 124 Å². The van der Waals surface area contributed by atoms with Gasteiger partial charge in [0.15, 0.2) is 5.75 Å². The maximum atomic E-state index is 13.3. The third-order valence-corrected chi connectivity index (χ3v) is 7.88. The minimum atomic E-state index is -4.93. The van der Waals surface area contributed by atoms with E-state index in [-0.39, 0.29) is 28.2 Å². The fourth-order valence-electron chi connectivity index (χ4n) is 5.35. The van der Waals surface area contributed by atoms with Gasteiger partial charge in [-0.1, -0.05) is 103 Å². The molecule has 0 bridgehead atoms. The summed E-state index contributed by atoms with van der Waals surface area (Å²) < 4.78 is 42.6. The maximum absolute atomic E-state index is 13.3. The van der Waals surface area contributed by atoms with Gasteiger partial charge in [0, 0.05) is 6.07 Å². The van der Waals surface area contributed by atoms with Crippen LogP contribution < -0.4 is 8.92 Å². The molecule has 0 aliphatic rings. The summed E-state index contributed by atoms with van der Waals surface area (Å²) in [6.07, 6.45) is 18.7. The molecule has 240 valence electrons. The summed E-state index contributed by atoms with van der Waals surface area (Å²) >= 11 is 0. The number of carbonyl (C=O) groups excluding carboxylic acids is 1. The van der Waals surface area contributed by atoms with Crippen molar-refractivity contribution in [2.24, 2.45) is 0 Å². The molecule has 0 aliphatic carbocycles. The minimum absolute atomic E-state index is 0.124. The third-order valence-electron chi connectivity index (χ3n) is 7.49. The number of hydrogen-bond donors (Lipinski definition) is 3. The number of rotatable bonds is 21. The Morgan fingerprint density at radius 1 is 0.744 bits per heavy atom. The Hall–Kier alpha value is -3.11. The van der Waals surface area contributed by atoms with E-state index >= 15 is 0 Å². The van der Waals surface area contributed by atoms with Gasteiger partial charge in [-0.3, -0.25) is 4.55 Å². The lowest BCUT2D eigenvalue weighted by Gasteiger charge is -2.15. The Morgan fingerprint density at radius 3 is 1.72 bits per heavy atom. The normalized spacial score (nSPS) is 11.4. The van der Waals surface area contributed by atoms with Gasteiger partial charge in [0.05, 0.1) is 0 Å². The van der Waals surface area contributed by atoms with Gasteiger partial charge < -0.3 is 19.1 Å². The van der Waals surface area contributed by atoms with Crippen LogP contribution in [-0.2, 0) is 16.8 Å². The number of ether oxygens (including phenoxy) is 1. The number of benzene rings is 2. The molecule has 0 spiro atoms. The molecular weight excluding hydrogens is 572 g/mol. The van der Waals surface area contributed by atoms with Crippen molar-refractivity contribution in [3.05, 3.63) is 52.1 Å². The lowest BCUT2D eigenvalue weighted by molar-refractivity contribution is 0.0692. The summed E-state index contributed by atoms with van der Waals surface area (Å²) in [5, 5.41) is 19.4. The molecule has 2 aromatic rings. The fourth-order valence-corrected chi connectivity index (χ4v) is 5.71. The number of hydrogen-bond acceptors (Lipinski definition) is 7. The molecule has 0 fully saturated rings. The summed E-state index contributed by atoms with van der Waals surface area (Å²) in [7, 11) is -4.93. The number of phenols is 1. The summed E-state index contributed by atoms with van der Waals surface area (Å²) in [6.45, 7) is 5.40. The largest absolute Gasteiger partial charge is 0.507 e. The number of carboxylic acids is 1. The standard InChI is InChI=1S/C33H48O9S/c1-4-5-6-7-8-9-10-11-12-13-14-15-16-17-18-19-26-20-24(2)21-29(42-43(38,39)40)31(26)33(37)41-27-22-25(3)30(32(35)36)28(34)23-27/h20-23,34H,4-19H2,1-3H3,(H,35,36)(H,38,39,40). The van der Waals surface area contributed by atoms with Crippen LogP contribution in [0, 0.1) is 13.8 Å². The third kappa shape index (κ3) is 13.4. The van der Waals surface area contributed by atoms with E-state index in [2.05, 4.69) is 6.92 Å². The van der Waals surface area contributed by atoms with Gasteiger partial charge in [-0.15, -0.1) is 0 Å². The number of carbonyl (C=O) groups is 2. The summed E-state index contributed by atoms with van der Waals surface area (Å²) in [4.78, 5) is 24.6. The Balaban J connectivity index is 1.95. The first-order valence-corrected chi connectivity index (χ1v) is 16.9. The molecule has 0 aliphatic heterocycles. The molecule has 0 heterocycles. The van der Waals surface area contributed by atoms with Gasteiger partial charge >= 0.3 is 22.3 Å². The van der Waals surface area contributed by atoms with Crippen LogP contribution in [0.4, 0.5) is 0 Å². The van der Waals surface area contributed by atoms with Crippen LogP contribution in [0.3, 0.4) is 0 Å². The Kier molecular flexibility index (Phi) is 15.6. The van der Waals surface area contributed by atoms with E-state index in [0.29, 0.717) is 17.5 Å². The predicted molar refractivity (Wildman–Crippen MR) is 167 cm³/mol. The molecule has 3 N–H and O–H groups in total. The average Bonchev–Trinajstić information content (AvgIpc) is 2.89. The van der Waals surface area contributed by atoms with Crippen LogP contribution in [-0.4, -0.2) is 35.1 Å². The summed E-state index contributed by atoms with van der Waals surface area (Å²) in [6, 6.07) is 5.34. The molecule has 10 heteroatoms. The monoisotopic (exact) mass is 620 g/mol. The second kappa shape index (κ2) is 18.5. The second-order valence-electron chi connectivity index (χ2n) is 11.3. The molecule has 0 aromatic heterocycles. The molecular formula is C33H48O9S. The maximum Gasteiger partial charge on any atom is 0.446 e. The van der Waals surface area contributed by atoms with E-state index in [1.165, 1.54) is 89.7 Å². The van der Waals surface area contributed by atoms with Gasteiger partial charge in [-0.05, 0) is 55.5 Å². The number of aromatic hydroxyl groups is 1. The highest BCUT2D eigenvalue weighted by Crippen LogP contribution is 2.32. The summed E-state index contributed by atoms with van der Waals surface area (Å²) in [5.41, 5.74) is 0.825. The Morgan fingerprint density at radius 2 is 1.26 bits per heavy atom. The number of aromatic carboxylic acids is 1.